The van der Waals surface area contributed by atoms with E-state index in [0.717, 1.165) is 9.87 Å². The minimum Gasteiger partial charge on any atom is -0.497 e. The molecule has 0 aliphatic heterocycles. The van der Waals surface area contributed by atoms with Crippen molar-refractivity contribution in [2.24, 2.45) is 5.92 Å². The number of hydrogen-bond donors (Lipinski definition) is 1. The minimum absolute atomic E-state index is 0.0191. The summed E-state index contributed by atoms with van der Waals surface area (Å²) in [5.41, 5.74) is 1.79. The van der Waals surface area contributed by atoms with E-state index in [1.165, 1.54) is 24.1 Å². The molecule has 0 aliphatic carbocycles. The van der Waals surface area contributed by atoms with Crippen molar-refractivity contribution < 1.29 is 22.7 Å². The average Bonchev–Trinajstić information content (AvgIpc) is 2.93. The first-order chi connectivity index (χ1) is 18.9. The summed E-state index contributed by atoms with van der Waals surface area (Å²) < 4.78 is 34.2. The number of carbonyl (C=O) groups is 2. The van der Waals surface area contributed by atoms with Crippen LogP contribution in [0.5, 0.6) is 5.75 Å². The van der Waals surface area contributed by atoms with E-state index in [0.29, 0.717) is 22.9 Å². The Kier molecular flexibility index (Phi) is 10.6. The lowest BCUT2D eigenvalue weighted by molar-refractivity contribution is -0.139. The first-order valence-corrected chi connectivity index (χ1v) is 14.8. The molecule has 3 rings (SSSR count). The number of nitrogens with zero attached hydrogens (tertiary/aromatic N) is 2. The second-order valence-electron chi connectivity index (χ2n) is 9.95. The van der Waals surface area contributed by atoms with E-state index in [-0.39, 0.29) is 29.0 Å². The molecule has 0 heterocycles. The number of carbonyl (C=O) groups excluding carboxylic acids is 2. The van der Waals surface area contributed by atoms with E-state index in [1.54, 1.807) is 67.6 Å². The Morgan fingerprint density at radius 2 is 1.65 bits per heavy atom. The molecule has 3 aromatic rings. The van der Waals surface area contributed by atoms with E-state index in [1.807, 2.05) is 20.8 Å². The number of aryl methyl sites for hydroxylation is 1. The predicted molar refractivity (Wildman–Crippen MR) is 158 cm³/mol. The zero-order valence-electron chi connectivity index (χ0n) is 23.4. The van der Waals surface area contributed by atoms with Gasteiger partial charge in [0.1, 0.15) is 18.3 Å². The summed E-state index contributed by atoms with van der Waals surface area (Å²) in [6, 6.07) is 19.0. The Balaban J connectivity index is 2.04. The maximum Gasteiger partial charge on any atom is 0.264 e. The number of ether oxygens (including phenoxy) is 1. The highest BCUT2D eigenvalue weighted by atomic mass is 35.5. The summed E-state index contributed by atoms with van der Waals surface area (Å²) in [6.07, 6.45) is 0. The highest BCUT2D eigenvalue weighted by Gasteiger charge is 2.33. The van der Waals surface area contributed by atoms with Crippen LogP contribution < -0.4 is 14.4 Å². The zero-order chi connectivity index (χ0) is 29.4. The molecular weight excluding hydrogens is 550 g/mol. The molecule has 0 spiro atoms. The van der Waals surface area contributed by atoms with Crippen molar-refractivity contribution in [1.29, 1.82) is 0 Å². The molecular formula is C30H36ClN3O5S. The highest BCUT2D eigenvalue weighted by molar-refractivity contribution is 7.92. The summed E-state index contributed by atoms with van der Waals surface area (Å²) in [5.74, 6) is -0.260. The quantitative estimate of drug-likeness (QED) is 0.321. The van der Waals surface area contributed by atoms with E-state index < -0.39 is 28.5 Å². The third-order valence-corrected chi connectivity index (χ3v) is 8.54. The molecule has 0 bridgehead atoms. The molecule has 1 atom stereocenters. The fraction of sp³-hybridized carbons (Fsp3) is 0.333. The van der Waals surface area contributed by atoms with Crippen LogP contribution in [0.4, 0.5) is 5.69 Å². The molecule has 3 aromatic carbocycles. The molecule has 0 aliphatic rings. The number of benzene rings is 3. The van der Waals surface area contributed by atoms with Crippen molar-refractivity contribution in [3.8, 4) is 5.75 Å². The van der Waals surface area contributed by atoms with E-state index in [2.05, 4.69) is 5.32 Å². The van der Waals surface area contributed by atoms with Crippen LogP contribution >= 0.6 is 11.6 Å². The molecule has 1 N–H and O–H groups in total. The average molecular weight is 586 g/mol. The number of methoxy groups -OCH3 is 1. The summed E-state index contributed by atoms with van der Waals surface area (Å²) >= 11 is 6.40. The van der Waals surface area contributed by atoms with E-state index in [9.17, 15) is 18.0 Å². The van der Waals surface area contributed by atoms with Gasteiger partial charge in [-0.25, -0.2) is 8.42 Å². The van der Waals surface area contributed by atoms with Gasteiger partial charge in [-0.1, -0.05) is 67.4 Å². The molecule has 214 valence electrons. The van der Waals surface area contributed by atoms with Crippen LogP contribution in [-0.4, -0.2) is 51.4 Å². The van der Waals surface area contributed by atoms with Crippen LogP contribution in [0.15, 0.2) is 77.7 Å². The molecule has 8 nitrogen and oxygen atoms in total. The third-order valence-electron chi connectivity index (χ3n) is 6.38. The Morgan fingerprint density at radius 3 is 2.27 bits per heavy atom. The number of nitrogens with one attached hydrogen (secondary N) is 1. The van der Waals surface area contributed by atoms with Gasteiger partial charge in [0.05, 0.1) is 17.7 Å². The SMILES string of the molecule is COc1cccc(N(CC(=O)N(Cc2ccccc2Cl)[C@H](C)C(=O)NCC(C)C)S(=O)(=O)c2ccc(C)cc2)c1. The van der Waals surface area contributed by atoms with Crippen LogP contribution in [-0.2, 0) is 26.2 Å². The molecule has 0 unspecified atom stereocenters. The van der Waals surface area contributed by atoms with Gasteiger partial charge in [-0.2, -0.15) is 0 Å². The summed E-state index contributed by atoms with van der Waals surface area (Å²) in [6.45, 7) is 7.34. The second-order valence-corrected chi connectivity index (χ2v) is 12.2. The van der Waals surface area contributed by atoms with Crippen molar-refractivity contribution >= 4 is 39.1 Å². The molecule has 2 amide bonds. The van der Waals surface area contributed by atoms with Crippen molar-refractivity contribution in [2.75, 3.05) is 24.5 Å². The van der Waals surface area contributed by atoms with Gasteiger partial charge in [0.25, 0.3) is 10.0 Å². The number of hydrogen-bond acceptors (Lipinski definition) is 5. The van der Waals surface area contributed by atoms with Gasteiger partial charge in [0.2, 0.25) is 11.8 Å². The Hall–Kier alpha value is -3.56. The second kappa shape index (κ2) is 13.7. The molecule has 0 aromatic heterocycles. The third kappa shape index (κ3) is 7.76. The Bertz CT molecular complexity index is 1430. The summed E-state index contributed by atoms with van der Waals surface area (Å²) in [7, 11) is -2.69. The number of anilines is 1. The molecule has 0 radical (unpaired) electrons. The minimum atomic E-state index is -4.17. The highest BCUT2D eigenvalue weighted by Crippen LogP contribution is 2.28. The smallest absolute Gasteiger partial charge is 0.264 e. The largest absolute Gasteiger partial charge is 0.497 e. The lowest BCUT2D eigenvalue weighted by Crippen LogP contribution is -2.51. The molecule has 0 saturated carbocycles. The molecule has 0 saturated heterocycles. The normalized spacial score (nSPS) is 12.1. The van der Waals surface area contributed by atoms with E-state index >= 15 is 0 Å². The molecule has 40 heavy (non-hydrogen) atoms. The zero-order valence-corrected chi connectivity index (χ0v) is 25.0. The first-order valence-electron chi connectivity index (χ1n) is 13.0. The Labute approximate surface area is 241 Å². The lowest BCUT2D eigenvalue weighted by Gasteiger charge is -2.32. The van der Waals surface area contributed by atoms with Gasteiger partial charge in [-0.15, -0.1) is 0 Å². The van der Waals surface area contributed by atoms with Crippen molar-refractivity contribution in [3.05, 3.63) is 88.9 Å². The molecule has 0 fully saturated rings. The fourth-order valence-electron chi connectivity index (χ4n) is 3.98. The standard InChI is InChI=1S/C30H36ClN3O5S/c1-21(2)18-32-30(36)23(4)33(19-24-9-6-7-12-28(24)31)29(35)20-34(25-10-8-11-26(17-25)39-5)40(37,38)27-15-13-22(3)14-16-27/h6-17,21,23H,18-20H2,1-5H3,(H,32,36)/t23-/m1/s1. The Morgan fingerprint density at radius 1 is 0.975 bits per heavy atom. The maximum absolute atomic E-state index is 14.0. The van der Waals surface area contributed by atoms with E-state index in [4.69, 9.17) is 16.3 Å². The van der Waals surface area contributed by atoms with Gasteiger partial charge in [-0.3, -0.25) is 13.9 Å². The van der Waals surface area contributed by atoms with Crippen LogP contribution in [0.3, 0.4) is 0 Å². The van der Waals surface area contributed by atoms with Crippen LogP contribution in [0.25, 0.3) is 0 Å². The molecule has 10 heteroatoms. The number of sulfonamides is 1. The van der Waals surface area contributed by atoms with Crippen molar-refractivity contribution in [3.63, 3.8) is 0 Å². The first kappa shape index (κ1) is 31.0. The van der Waals surface area contributed by atoms with Crippen molar-refractivity contribution in [2.45, 2.75) is 45.2 Å². The van der Waals surface area contributed by atoms with Crippen LogP contribution in [0, 0.1) is 12.8 Å². The van der Waals surface area contributed by atoms with Crippen molar-refractivity contribution in [1.82, 2.24) is 10.2 Å². The summed E-state index contributed by atoms with van der Waals surface area (Å²) in [5, 5.41) is 3.30. The van der Waals surface area contributed by atoms with Crippen LogP contribution in [0.1, 0.15) is 31.9 Å². The number of halogens is 1. The summed E-state index contributed by atoms with van der Waals surface area (Å²) in [4.78, 5) is 28.4. The fourth-order valence-corrected chi connectivity index (χ4v) is 5.58. The van der Waals surface area contributed by atoms with Gasteiger partial charge in [0, 0.05) is 24.2 Å². The lowest BCUT2D eigenvalue weighted by atomic mass is 10.1. The van der Waals surface area contributed by atoms with Crippen LogP contribution in [0.2, 0.25) is 5.02 Å². The monoisotopic (exact) mass is 585 g/mol. The van der Waals surface area contributed by atoms with Gasteiger partial charge in [0.15, 0.2) is 0 Å². The number of rotatable bonds is 12. The number of amides is 2. The maximum atomic E-state index is 14.0. The van der Waals surface area contributed by atoms with Gasteiger partial charge in [-0.05, 0) is 55.7 Å². The topological polar surface area (TPSA) is 96.0 Å². The van der Waals surface area contributed by atoms with Gasteiger partial charge >= 0.3 is 0 Å². The predicted octanol–water partition coefficient (Wildman–Crippen LogP) is 5.04. The van der Waals surface area contributed by atoms with Gasteiger partial charge < -0.3 is 15.0 Å².